The van der Waals surface area contributed by atoms with E-state index in [2.05, 4.69) is 56.1 Å². The standard InChI is InChI=1S/C18H30N2O/c1-14-12-17(20(10-11-21-5)16-8-9-16)7-6-15(14)13-19-18(2,3)4/h6-7,12,16,19H,8-11,13H2,1-5H3. The SMILES string of the molecule is COCCN(c1ccc(CNC(C)(C)C)c(C)c1)C1CC1. The number of anilines is 1. The predicted molar refractivity (Wildman–Crippen MR) is 90.0 cm³/mol. The summed E-state index contributed by atoms with van der Waals surface area (Å²) >= 11 is 0. The first-order chi connectivity index (χ1) is 9.90. The molecular weight excluding hydrogens is 260 g/mol. The number of rotatable bonds is 7. The van der Waals surface area contributed by atoms with Crippen molar-refractivity contribution in [1.29, 1.82) is 0 Å². The zero-order valence-corrected chi connectivity index (χ0v) is 14.2. The van der Waals surface area contributed by atoms with Crippen LogP contribution in [0.1, 0.15) is 44.7 Å². The first-order valence-electron chi connectivity index (χ1n) is 8.01. The summed E-state index contributed by atoms with van der Waals surface area (Å²) in [6.07, 6.45) is 2.63. The normalized spacial score (nSPS) is 15.3. The zero-order chi connectivity index (χ0) is 15.5. The van der Waals surface area contributed by atoms with Crippen LogP contribution in [0, 0.1) is 6.92 Å². The lowest BCUT2D eigenvalue weighted by Gasteiger charge is -2.26. The molecule has 0 saturated heterocycles. The fourth-order valence-corrected chi connectivity index (χ4v) is 2.52. The molecule has 1 saturated carbocycles. The summed E-state index contributed by atoms with van der Waals surface area (Å²) in [5, 5.41) is 3.56. The Hall–Kier alpha value is -1.06. The van der Waals surface area contributed by atoms with E-state index in [1.54, 1.807) is 7.11 Å². The van der Waals surface area contributed by atoms with E-state index in [0.717, 1.165) is 25.7 Å². The van der Waals surface area contributed by atoms with Crippen molar-refractivity contribution in [2.45, 2.75) is 58.7 Å². The molecule has 21 heavy (non-hydrogen) atoms. The van der Waals surface area contributed by atoms with E-state index in [4.69, 9.17) is 4.74 Å². The minimum atomic E-state index is 0.156. The maximum absolute atomic E-state index is 5.25. The molecule has 0 atom stereocenters. The Morgan fingerprint density at radius 3 is 2.52 bits per heavy atom. The Morgan fingerprint density at radius 2 is 2.00 bits per heavy atom. The van der Waals surface area contributed by atoms with Gasteiger partial charge >= 0.3 is 0 Å². The predicted octanol–water partition coefficient (Wildman–Crippen LogP) is 3.50. The number of aryl methyl sites for hydroxylation is 1. The third kappa shape index (κ3) is 5.01. The second-order valence-electron chi connectivity index (χ2n) is 7.13. The molecule has 1 fully saturated rings. The molecule has 0 heterocycles. The molecule has 2 rings (SSSR count). The largest absolute Gasteiger partial charge is 0.383 e. The average Bonchev–Trinajstić information content (AvgIpc) is 3.21. The van der Waals surface area contributed by atoms with E-state index in [9.17, 15) is 0 Å². The van der Waals surface area contributed by atoms with Crippen LogP contribution in [0.3, 0.4) is 0 Å². The Balaban J connectivity index is 2.06. The van der Waals surface area contributed by atoms with Gasteiger partial charge in [-0.3, -0.25) is 0 Å². The third-order valence-electron chi connectivity index (χ3n) is 3.99. The molecule has 0 aliphatic heterocycles. The molecule has 3 nitrogen and oxygen atoms in total. The van der Waals surface area contributed by atoms with E-state index < -0.39 is 0 Å². The van der Waals surface area contributed by atoms with Gasteiger partial charge in [-0.2, -0.15) is 0 Å². The Kier molecular flexibility index (Phi) is 5.28. The van der Waals surface area contributed by atoms with Gasteiger partial charge < -0.3 is 15.0 Å². The molecular formula is C18H30N2O. The van der Waals surface area contributed by atoms with Gasteiger partial charge in [-0.25, -0.2) is 0 Å². The highest BCUT2D eigenvalue weighted by Crippen LogP contribution is 2.32. The minimum absolute atomic E-state index is 0.156. The van der Waals surface area contributed by atoms with Gasteiger partial charge in [0, 0.05) is 37.5 Å². The average molecular weight is 290 g/mol. The molecule has 0 unspecified atom stereocenters. The van der Waals surface area contributed by atoms with Crippen molar-refractivity contribution in [2.24, 2.45) is 0 Å². The van der Waals surface area contributed by atoms with Gasteiger partial charge in [-0.05, 0) is 63.8 Å². The Bertz CT molecular complexity index is 461. The van der Waals surface area contributed by atoms with Gasteiger partial charge in [-0.15, -0.1) is 0 Å². The molecule has 0 radical (unpaired) electrons. The maximum Gasteiger partial charge on any atom is 0.0637 e. The summed E-state index contributed by atoms with van der Waals surface area (Å²) in [4.78, 5) is 2.50. The van der Waals surface area contributed by atoms with Crippen molar-refractivity contribution < 1.29 is 4.74 Å². The summed E-state index contributed by atoms with van der Waals surface area (Å²) in [5.41, 5.74) is 4.25. The van der Waals surface area contributed by atoms with Crippen LogP contribution in [0.15, 0.2) is 18.2 Å². The zero-order valence-electron chi connectivity index (χ0n) is 14.2. The van der Waals surface area contributed by atoms with E-state index in [1.165, 1.54) is 29.7 Å². The Morgan fingerprint density at radius 1 is 1.29 bits per heavy atom. The highest BCUT2D eigenvalue weighted by atomic mass is 16.5. The van der Waals surface area contributed by atoms with Crippen molar-refractivity contribution in [2.75, 3.05) is 25.2 Å². The molecule has 1 aliphatic carbocycles. The van der Waals surface area contributed by atoms with Gasteiger partial charge in [0.2, 0.25) is 0 Å². The summed E-state index contributed by atoms with van der Waals surface area (Å²) < 4.78 is 5.25. The van der Waals surface area contributed by atoms with Gasteiger partial charge in [0.1, 0.15) is 0 Å². The molecule has 3 heteroatoms. The first-order valence-corrected chi connectivity index (χ1v) is 8.01. The summed E-state index contributed by atoms with van der Waals surface area (Å²) in [5.74, 6) is 0. The molecule has 1 N–H and O–H groups in total. The minimum Gasteiger partial charge on any atom is -0.383 e. The first kappa shape index (κ1) is 16.3. The van der Waals surface area contributed by atoms with Crippen molar-refractivity contribution >= 4 is 5.69 Å². The highest BCUT2D eigenvalue weighted by Gasteiger charge is 2.29. The summed E-state index contributed by atoms with van der Waals surface area (Å²) in [6.45, 7) is 11.5. The fourth-order valence-electron chi connectivity index (χ4n) is 2.52. The van der Waals surface area contributed by atoms with E-state index in [-0.39, 0.29) is 5.54 Å². The fraction of sp³-hybridized carbons (Fsp3) is 0.667. The van der Waals surface area contributed by atoms with Crippen molar-refractivity contribution in [3.63, 3.8) is 0 Å². The van der Waals surface area contributed by atoms with Crippen LogP contribution in [0.2, 0.25) is 0 Å². The molecule has 1 aromatic rings. The summed E-state index contributed by atoms with van der Waals surface area (Å²) in [7, 11) is 1.78. The number of nitrogens with one attached hydrogen (secondary N) is 1. The van der Waals surface area contributed by atoms with Crippen LogP contribution in [0.5, 0.6) is 0 Å². The quantitative estimate of drug-likeness (QED) is 0.832. The maximum atomic E-state index is 5.25. The van der Waals surface area contributed by atoms with E-state index in [1.807, 2.05) is 0 Å². The molecule has 118 valence electrons. The Labute approximate surface area is 129 Å². The highest BCUT2D eigenvalue weighted by molar-refractivity contribution is 5.52. The van der Waals surface area contributed by atoms with E-state index in [0.29, 0.717) is 0 Å². The van der Waals surface area contributed by atoms with Crippen LogP contribution < -0.4 is 10.2 Å². The number of hydrogen-bond donors (Lipinski definition) is 1. The second kappa shape index (κ2) is 6.80. The van der Waals surface area contributed by atoms with Gasteiger partial charge in [0.05, 0.1) is 6.61 Å². The monoisotopic (exact) mass is 290 g/mol. The number of hydrogen-bond acceptors (Lipinski definition) is 3. The topological polar surface area (TPSA) is 24.5 Å². The van der Waals surface area contributed by atoms with Crippen LogP contribution in [0.4, 0.5) is 5.69 Å². The van der Waals surface area contributed by atoms with Gasteiger partial charge in [0.15, 0.2) is 0 Å². The third-order valence-corrected chi connectivity index (χ3v) is 3.99. The lowest BCUT2D eigenvalue weighted by molar-refractivity contribution is 0.205. The molecule has 0 amide bonds. The van der Waals surface area contributed by atoms with Crippen molar-refractivity contribution in [1.82, 2.24) is 5.32 Å². The van der Waals surface area contributed by atoms with Gasteiger partial charge in [-0.1, -0.05) is 6.07 Å². The van der Waals surface area contributed by atoms with E-state index >= 15 is 0 Å². The number of methoxy groups -OCH3 is 1. The summed E-state index contributed by atoms with van der Waals surface area (Å²) in [6, 6.07) is 7.58. The van der Waals surface area contributed by atoms with Gasteiger partial charge in [0.25, 0.3) is 0 Å². The second-order valence-corrected chi connectivity index (χ2v) is 7.13. The molecule has 0 aromatic heterocycles. The molecule has 1 aliphatic rings. The smallest absolute Gasteiger partial charge is 0.0637 e. The number of ether oxygens (including phenoxy) is 1. The number of nitrogens with zero attached hydrogens (tertiary/aromatic N) is 1. The molecule has 1 aromatic carbocycles. The van der Waals surface area contributed by atoms with Crippen LogP contribution in [0.25, 0.3) is 0 Å². The van der Waals surface area contributed by atoms with Crippen LogP contribution >= 0.6 is 0 Å². The molecule has 0 bridgehead atoms. The van der Waals surface area contributed by atoms with Crippen molar-refractivity contribution in [3.8, 4) is 0 Å². The van der Waals surface area contributed by atoms with Crippen LogP contribution in [-0.4, -0.2) is 31.8 Å². The van der Waals surface area contributed by atoms with Crippen molar-refractivity contribution in [3.05, 3.63) is 29.3 Å². The van der Waals surface area contributed by atoms with Crippen LogP contribution in [-0.2, 0) is 11.3 Å². The lowest BCUT2D eigenvalue weighted by atomic mass is 10.0. The number of benzene rings is 1. The molecule has 0 spiro atoms. The lowest BCUT2D eigenvalue weighted by Crippen LogP contribution is -2.35.